The Morgan fingerprint density at radius 3 is 2.70 bits per heavy atom. The third kappa shape index (κ3) is 4.35. The van der Waals surface area contributed by atoms with Crippen molar-refractivity contribution in [3.8, 4) is 11.5 Å². The first kappa shape index (κ1) is 20.5. The molecule has 0 saturated carbocycles. The Morgan fingerprint density at radius 2 is 2.00 bits per heavy atom. The minimum Gasteiger partial charge on any atom is -0.454 e. The van der Waals surface area contributed by atoms with Crippen molar-refractivity contribution in [2.45, 2.75) is 6.42 Å². The number of amides is 1. The predicted octanol–water partition coefficient (Wildman–Crippen LogP) is 3.70. The van der Waals surface area contributed by atoms with Gasteiger partial charge >= 0.3 is 0 Å². The van der Waals surface area contributed by atoms with Crippen LogP contribution in [0.1, 0.15) is 16.8 Å². The van der Waals surface area contributed by atoms with Gasteiger partial charge in [-0.3, -0.25) is 14.2 Å². The fraction of sp³-hybridized carbons (Fsp3) is 0.167. The Morgan fingerprint density at radius 1 is 1.17 bits per heavy atom. The number of pyridine rings is 1. The summed E-state index contributed by atoms with van der Waals surface area (Å²) in [7, 11) is -3.44. The van der Waals surface area contributed by atoms with Crippen molar-refractivity contribution in [1.29, 1.82) is 0 Å². The number of carbonyl (C=O) groups is 1. The van der Waals surface area contributed by atoms with Gasteiger partial charge in [0.05, 0.1) is 28.7 Å². The number of nitrogens with one attached hydrogen (secondary N) is 2. The van der Waals surface area contributed by atoms with E-state index in [4.69, 9.17) is 27.9 Å². The molecule has 1 aliphatic heterocycles. The number of aromatic amines is 1. The van der Waals surface area contributed by atoms with Crippen LogP contribution in [-0.4, -0.2) is 41.8 Å². The van der Waals surface area contributed by atoms with Crippen molar-refractivity contribution < 1.29 is 17.9 Å². The lowest BCUT2D eigenvalue weighted by molar-refractivity contribution is 0.102. The number of nitrogens with zero attached hydrogens (tertiary/aromatic N) is 3. The topological polar surface area (TPSA) is 117 Å². The van der Waals surface area contributed by atoms with Crippen molar-refractivity contribution in [2.24, 2.45) is 0 Å². The van der Waals surface area contributed by atoms with Gasteiger partial charge in [0.15, 0.2) is 5.75 Å². The summed E-state index contributed by atoms with van der Waals surface area (Å²) < 4.78 is 31.1. The lowest BCUT2D eigenvalue weighted by atomic mass is 10.2. The molecule has 156 valence electrons. The van der Waals surface area contributed by atoms with E-state index in [2.05, 4.69) is 20.5 Å². The summed E-state index contributed by atoms with van der Waals surface area (Å²) in [5.74, 6) is 0.516. The molecule has 1 aromatic carbocycles. The second-order valence-corrected chi connectivity index (χ2v) is 9.29. The smallest absolute Gasteiger partial charge is 0.257 e. The number of ether oxygens (including phenoxy) is 1. The van der Waals surface area contributed by atoms with Gasteiger partial charge in [0, 0.05) is 29.5 Å². The summed E-state index contributed by atoms with van der Waals surface area (Å²) >= 11 is 12.3. The second-order valence-electron chi connectivity index (χ2n) is 6.43. The average molecular weight is 468 g/mol. The Kier molecular flexibility index (Phi) is 5.54. The van der Waals surface area contributed by atoms with E-state index in [0.29, 0.717) is 35.2 Å². The number of hydrogen-bond acceptors (Lipinski definition) is 6. The molecule has 9 nitrogen and oxygen atoms in total. The summed E-state index contributed by atoms with van der Waals surface area (Å²) in [5, 5.41) is 9.54. The van der Waals surface area contributed by atoms with Gasteiger partial charge < -0.3 is 10.1 Å². The maximum absolute atomic E-state index is 12.8. The minimum atomic E-state index is -3.44. The molecular weight excluding hydrogens is 453 g/mol. The van der Waals surface area contributed by atoms with Gasteiger partial charge in [-0.25, -0.2) is 13.4 Å². The number of H-pyrrole nitrogens is 1. The third-order valence-corrected chi connectivity index (χ3v) is 6.64. The van der Waals surface area contributed by atoms with Crippen molar-refractivity contribution >= 4 is 50.6 Å². The molecule has 2 N–H and O–H groups in total. The summed E-state index contributed by atoms with van der Waals surface area (Å²) in [6.45, 7) is 0.307. The predicted molar refractivity (Wildman–Crippen MR) is 113 cm³/mol. The number of aromatic nitrogens is 3. The van der Waals surface area contributed by atoms with Crippen LogP contribution in [0.4, 0.5) is 11.5 Å². The zero-order valence-electron chi connectivity index (χ0n) is 15.3. The number of benzene rings is 1. The van der Waals surface area contributed by atoms with Crippen LogP contribution >= 0.6 is 23.2 Å². The first-order chi connectivity index (χ1) is 14.3. The molecule has 12 heteroatoms. The molecule has 0 spiro atoms. The van der Waals surface area contributed by atoms with Gasteiger partial charge in [-0.15, -0.1) is 0 Å². The van der Waals surface area contributed by atoms with Gasteiger partial charge in [-0.2, -0.15) is 5.10 Å². The van der Waals surface area contributed by atoms with Crippen molar-refractivity contribution in [3.63, 3.8) is 0 Å². The normalized spacial score (nSPS) is 15.2. The highest BCUT2D eigenvalue weighted by Gasteiger charge is 2.30. The quantitative estimate of drug-likeness (QED) is 0.590. The highest BCUT2D eigenvalue weighted by atomic mass is 35.5. The molecule has 0 unspecified atom stereocenters. The van der Waals surface area contributed by atoms with Crippen LogP contribution in [0.25, 0.3) is 0 Å². The van der Waals surface area contributed by atoms with Crippen molar-refractivity contribution in [2.75, 3.05) is 21.9 Å². The number of anilines is 2. The van der Waals surface area contributed by atoms with E-state index in [1.165, 1.54) is 22.8 Å². The monoisotopic (exact) mass is 467 g/mol. The Labute approximate surface area is 182 Å². The molecule has 0 radical (unpaired) electrons. The molecule has 3 aromatic rings. The van der Waals surface area contributed by atoms with Crippen LogP contribution in [0.3, 0.4) is 0 Å². The molecule has 4 rings (SSSR count). The molecular formula is C18H15Cl2N5O4S. The number of carbonyl (C=O) groups excluding carboxylic acids is 1. The second kappa shape index (κ2) is 8.13. The third-order valence-electron chi connectivity index (χ3n) is 4.28. The lowest BCUT2D eigenvalue weighted by Gasteiger charge is -2.17. The Bertz CT molecular complexity index is 1200. The minimum absolute atomic E-state index is 0.0425. The molecule has 2 aromatic heterocycles. The van der Waals surface area contributed by atoms with Crippen LogP contribution in [-0.2, 0) is 10.0 Å². The van der Waals surface area contributed by atoms with Crippen LogP contribution < -0.4 is 14.4 Å². The lowest BCUT2D eigenvalue weighted by Crippen LogP contribution is -2.26. The van der Waals surface area contributed by atoms with Gasteiger partial charge in [-0.05, 0) is 24.6 Å². The van der Waals surface area contributed by atoms with E-state index in [9.17, 15) is 13.2 Å². The van der Waals surface area contributed by atoms with Crippen molar-refractivity contribution in [1.82, 2.24) is 15.2 Å². The maximum Gasteiger partial charge on any atom is 0.257 e. The van der Waals surface area contributed by atoms with Gasteiger partial charge in [0.2, 0.25) is 10.0 Å². The number of halogens is 2. The SMILES string of the molecule is O=C(Nc1cc(Cl)cc(Oc2cn[nH]c2)c1)c1cc(N2CCCS2(=O)=O)ncc1Cl. The van der Waals surface area contributed by atoms with E-state index in [0.717, 1.165) is 0 Å². The van der Waals surface area contributed by atoms with E-state index >= 15 is 0 Å². The number of rotatable bonds is 5. The van der Waals surface area contributed by atoms with E-state index in [1.807, 2.05) is 0 Å². The molecule has 0 bridgehead atoms. The Balaban J connectivity index is 1.58. The molecule has 1 aliphatic rings. The molecule has 1 saturated heterocycles. The molecule has 30 heavy (non-hydrogen) atoms. The molecule has 3 heterocycles. The summed E-state index contributed by atoms with van der Waals surface area (Å²) in [5.41, 5.74) is 0.454. The zero-order chi connectivity index (χ0) is 21.3. The zero-order valence-corrected chi connectivity index (χ0v) is 17.6. The van der Waals surface area contributed by atoms with Crippen LogP contribution in [0.5, 0.6) is 11.5 Å². The fourth-order valence-electron chi connectivity index (χ4n) is 2.96. The number of sulfonamides is 1. The fourth-order valence-corrected chi connectivity index (χ4v) is 4.88. The molecule has 1 fully saturated rings. The summed E-state index contributed by atoms with van der Waals surface area (Å²) in [6, 6.07) is 6.06. The van der Waals surface area contributed by atoms with Crippen LogP contribution in [0, 0.1) is 0 Å². The van der Waals surface area contributed by atoms with Gasteiger partial charge in [0.25, 0.3) is 5.91 Å². The van der Waals surface area contributed by atoms with E-state index in [1.54, 1.807) is 24.4 Å². The van der Waals surface area contributed by atoms with Crippen LogP contribution in [0.2, 0.25) is 10.0 Å². The molecule has 1 amide bonds. The summed E-state index contributed by atoms with van der Waals surface area (Å²) in [4.78, 5) is 16.9. The van der Waals surface area contributed by atoms with Gasteiger partial charge in [0.1, 0.15) is 11.6 Å². The maximum atomic E-state index is 12.8. The van der Waals surface area contributed by atoms with Gasteiger partial charge in [-0.1, -0.05) is 23.2 Å². The van der Waals surface area contributed by atoms with Crippen LogP contribution in [0.15, 0.2) is 42.9 Å². The highest BCUT2D eigenvalue weighted by Crippen LogP contribution is 2.30. The average Bonchev–Trinajstić information content (AvgIpc) is 3.30. The van der Waals surface area contributed by atoms with Crippen molar-refractivity contribution in [3.05, 3.63) is 58.5 Å². The summed E-state index contributed by atoms with van der Waals surface area (Å²) in [6.07, 6.45) is 4.80. The first-order valence-electron chi connectivity index (χ1n) is 8.76. The number of hydrogen-bond donors (Lipinski definition) is 2. The van der Waals surface area contributed by atoms with E-state index in [-0.39, 0.29) is 22.2 Å². The van der Waals surface area contributed by atoms with E-state index < -0.39 is 15.9 Å². The first-order valence-corrected chi connectivity index (χ1v) is 11.1. The highest BCUT2D eigenvalue weighted by molar-refractivity contribution is 7.93. The molecule has 0 atom stereocenters. The largest absolute Gasteiger partial charge is 0.454 e. The Hall–Kier alpha value is -2.82. The standard InChI is InChI=1S/C18H15Cl2N5O4S/c19-11-4-12(6-13(5-11)29-14-8-22-23-9-14)24-18(26)15-7-17(21-10-16(15)20)25-2-1-3-30(25,27)28/h4-10H,1-3H2,(H,22,23)(H,24,26). The molecule has 0 aliphatic carbocycles.